The minimum Gasteiger partial charge on any atom is -0.508 e. The molecule has 2 nitrogen and oxygen atoms in total. The van der Waals surface area contributed by atoms with Crippen LogP contribution in [0.3, 0.4) is 0 Å². The van der Waals surface area contributed by atoms with Gasteiger partial charge in [0.1, 0.15) is 11.6 Å². The highest BCUT2D eigenvalue weighted by Crippen LogP contribution is 2.21. The maximum absolute atomic E-state index is 13.1. The van der Waals surface area contributed by atoms with E-state index < -0.39 is 0 Å². The fourth-order valence-corrected chi connectivity index (χ4v) is 2.39. The molecule has 94 valence electrons. The van der Waals surface area contributed by atoms with E-state index in [1.165, 1.54) is 50.3 Å². The van der Waals surface area contributed by atoms with Crippen molar-refractivity contribution in [3.63, 3.8) is 0 Å². The van der Waals surface area contributed by atoms with Gasteiger partial charge >= 0.3 is 0 Å². The molecule has 1 fully saturated rings. The maximum Gasteiger partial charge on any atom is 0.123 e. The topological polar surface area (TPSA) is 23.5 Å². The molecule has 1 aromatic rings. The highest BCUT2D eigenvalue weighted by atomic mass is 19.1. The lowest BCUT2D eigenvalue weighted by molar-refractivity contribution is 0.237. The van der Waals surface area contributed by atoms with Crippen LogP contribution in [0, 0.1) is 5.82 Å². The average molecular weight is 237 g/mol. The molecule has 17 heavy (non-hydrogen) atoms. The van der Waals surface area contributed by atoms with Gasteiger partial charge in [0.05, 0.1) is 0 Å². The SMILES string of the molecule is Oc1ccc(F)cc1CN1CCCCCCC1. The molecule has 0 spiro atoms. The van der Waals surface area contributed by atoms with Crippen molar-refractivity contribution >= 4 is 0 Å². The quantitative estimate of drug-likeness (QED) is 0.853. The molecule has 0 unspecified atom stereocenters. The van der Waals surface area contributed by atoms with Crippen LogP contribution in [0.25, 0.3) is 0 Å². The normalized spacial score (nSPS) is 18.6. The maximum atomic E-state index is 13.1. The first-order valence-electron chi connectivity index (χ1n) is 6.45. The number of nitrogens with zero attached hydrogens (tertiary/aromatic N) is 1. The highest BCUT2D eigenvalue weighted by molar-refractivity contribution is 5.32. The van der Waals surface area contributed by atoms with E-state index in [1.54, 1.807) is 0 Å². The van der Waals surface area contributed by atoms with Crippen LogP contribution in [-0.2, 0) is 6.54 Å². The van der Waals surface area contributed by atoms with E-state index in [-0.39, 0.29) is 11.6 Å². The number of benzene rings is 1. The van der Waals surface area contributed by atoms with E-state index >= 15 is 0 Å². The number of phenolic OH excluding ortho intramolecular Hbond substituents is 1. The molecule has 1 saturated heterocycles. The van der Waals surface area contributed by atoms with Crippen molar-refractivity contribution in [3.05, 3.63) is 29.6 Å². The summed E-state index contributed by atoms with van der Waals surface area (Å²) in [5, 5.41) is 9.70. The fourth-order valence-electron chi connectivity index (χ4n) is 2.39. The lowest BCUT2D eigenvalue weighted by atomic mass is 10.1. The van der Waals surface area contributed by atoms with Crippen LogP contribution in [0.2, 0.25) is 0 Å². The Balaban J connectivity index is 2.00. The Morgan fingerprint density at radius 3 is 2.41 bits per heavy atom. The number of halogens is 1. The van der Waals surface area contributed by atoms with E-state index in [1.807, 2.05) is 0 Å². The van der Waals surface area contributed by atoms with E-state index in [2.05, 4.69) is 4.90 Å². The number of phenols is 1. The van der Waals surface area contributed by atoms with Gasteiger partial charge in [0.25, 0.3) is 0 Å². The van der Waals surface area contributed by atoms with Gasteiger partial charge in [-0.1, -0.05) is 19.3 Å². The molecule has 1 aliphatic rings. The third kappa shape index (κ3) is 3.70. The van der Waals surface area contributed by atoms with Crippen molar-refractivity contribution in [2.24, 2.45) is 0 Å². The van der Waals surface area contributed by atoms with Crippen molar-refractivity contribution in [2.75, 3.05) is 13.1 Å². The molecule has 1 aromatic carbocycles. The van der Waals surface area contributed by atoms with Crippen LogP contribution in [0.15, 0.2) is 18.2 Å². The summed E-state index contributed by atoms with van der Waals surface area (Å²) in [5.74, 6) is -0.0710. The zero-order chi connectivity index (χ0) is 12.1. The van der Waals surface area contributed by atoms with E-state index in [9.17, 15) is 9.50 Å². The van der Waals surface area contributed by atoms with Crippen LogP contribution >= 0.6 is 0 Å². The Hall–Kier alpha value is -1.09. The standard InChI is InChI=1S/C14H20FNO/c15-13-6-7-14(17)12(10-13)11-16-8-4-2-1-3-5-9-16/h6-7,10,17H,1-5,8-9,11H2. The zero-order valence-electron chi connectivity index (χ0n) is 10.2. The third-order valence-corrected chi connectivity index (χ3v) is 3.38. The Kier molecular flexibility index (Phi) is 4.37. The van der Waals surface area contributed by atoms with Gasteiger partial charge in [0.2, 0.25) is 0 Å². The molecule has 0 aliphatic carbocycles. The van der Waals surface area contributed by atoms with Crippen molar-refractivity contribution < 1.29 is 9.50 Å². The molecule has 0 bridgehead atoms. The second kappa shape index (κ2) is 6.01. The average Bonchev–Trinajstić information content (AvgIpc) is 2.27. The van der Waals surface area contributed by atoms with E-state index in [4.69, 9.17) is 0 Å². The Labute approximate surface area is 102 Å². The minimum atomic E-state index is -0.273. The molecular formula is C14H20FNO. The zero-order valence-corrected chi connectivity index (χ0v) is 10.2. The monoisotopic (exact) mass is 237 g/mol. The number of likely N-dealkylation sites (tertiary alicyclic amines) is 1. The second-order valence-corrected chi connectivity index (χ2v) is 4.82. The van der Waals surface area contributed by atoms with Gasteiger partial charge < -0.3 is 5.11 Å². The van der Waals surface area contributed by atoms with Crippen LogP contribution in [-0.4, -0.2) is 23.1 Å². The largest absolute Gasteiger partial charge is 0.508 e. The Bertz CT molecular complexity index is 359. The number of hydrogen-bond donors (Lipinski definition) is 1. The number of rotatable bonds is 2. The van der Waals surface area contributed by atoms with Gasteiger partial charge in [-0.25, -0.2) is 4.39 Å². The molecule has 3 heteroatoms. The van der Waals surface area contributed by atoms with Gasteiger partial charge in [-0.2, -0.15) is 0 Å². The van der Waals surface area contributed by atoms with Crippen LogP contribution < -0.4 is 0 Å². The summed E-state index contributed by atoms with van der Waals surface area (Å²) >= 11 is 0. The van der Waals surface area contributed by atoms with Crippen molar-refractivity contribution in [1.82, 2.24) is 4.90 Å². The molecule has 1 aliphatic heterocycles. The van der Waals surface area contributed by atoms with Gasteiger partial charge in [-0.05, 0) is 44.1 Å². The lowest BCUT2D eigenvalue weighted by Gasteiger charge is -2.24. The molecule has 0 aromatic heterocycles. The summed E-state index contributed by atoms with van der Waals surface area (Å²) in [6, 6.07) is 4.18. The molecule has 0 amide bonds. The predicted octanol–water partition coefficient (Wildman–Crippen LogP) is 3.30. The van der Waals surface area contributed by atoms with Crippen LogP contribution in [0.5, 0.6) is 5.75 Å². The highest BCUT2D eigenvalue weighted by Gasteiger charge is 2.11. The molecule has 1 N–H and O–H groups in total. The van der Waals surface area contributed by atoms with Gasteiger partial charge in [0, 0.05) is 12.1 Å². The molecule has 0 radical (unpaired) electrons. The van der Waals surface area contributed by atoms with Crippen molar-refractivity contribution in [3.8, 4) is 5.75 Å². The Morgan fingerprint density at radius 2 is 1.71 bits per heavy atom. The summed E-state index contributed by atoms with van der Waals surface area (Å²) in [7, 11) is 0. The lowest BCUT2D eigenvalue weighted by Crippen LogP contribution is -2.26. The van der Waals surface area contributed by atoms with E-state index in [0.29, 0.717) is 12.1 Å². The predicted molar refractivity (Wildman–Crippen MR) is 66.4 cm³/mol. The summed E-state index contributed by atoms with van der Waals surface area (Å²) in [6.07, 6.45) is 6.31. The molecule has 2 rings (SSSR count). The van der Waals surface area contributed by atoms with Crippen molar-refractivity contribution in [2.45, 2.75) is 38.6 Å². The minimum absolute atomic E-state index is 0.202. The summed E-state index contributed by atoms with van der Waals surface area (Å²) in [6.45, 7) is 2.76. The smallest absolute Gasteiger partial charge is 0.123 e. The van der Waals surface area contributed by atoms with Crippen LogP contribution in [0.1, 0.15) is 37.7 Å². The molecule has 0 atom stereocenters. The third-order valence-electron chi connectivity index (χ3n) is 3.38. The molecular weight excluding hydrogens is 217 g/mol. The molecule has 0 saturated carbocycles. The van der Waals surface area contributed by atoms with Gasteiger partial charge in [-0.3, -0.25) is 4.90 Å². The van der Waals surface area contributed by atoms with Gasteiger partial charge in [0.15, 0.2) is 0 Å². The first-order chi connectivity index (χ1) is 8.25. The van der Waals surface area contributed by atoms with Crippen molar-refractivity contribution in [1.29, 1.82) is 0 Å². The molecule has 1 heterocycles. The first-order valence-corrected chi connectivity index (χ1v) is 6.45. The van der Waals surface area contributed by atoms with E-state index in [0.717, 1.165) is 13.1 Å². The second-order valence-electron chi connectivity index (χ2n) is 4.82. The summed E-state index contributed by atoms with van der Waals surface area (Å²) < 4.78 is 13.1. The summed E-state index contributed by atoms with van der Waals surface area (Å²) in [5.41, 5.74) is 0.700. The fraction of sp³-hybridized carbons (Fsp3) is 0.571. The number of hydrogen-bond acceptors (Lipinski definition) is 2. The van der Waals surface area contributed by atoms with Crippen LogP contribution in [0.4, 0.5) is 4.39 Å². The van der Waals surface area contributed by atoms with Gasteiger partial charge in [-0.15, -0.1) is 0 Å². The summed E-state index contributed by atoms with van der Waals surface area (Å²) in [4.78, 5) is 2.31. The Morgan fingerprint density at radius 1 is 1.06 bits per heavy atom. The number of aromatic hydroxyl groups is 1. The first kappa shape index (κ1) is 12.4.